The van der Waals surface area contributed by atoms with Crippen molar-refractivity contribution >= 4 is 18.1 Å². The first-order valence-electron chi connectivity index (χ1n) is 6.75. The standard InChI is InChI=1S/C17H18N2.ClH/c1-11-5-3-4-6-14(11)13-9-16(18)15-8-7-12(2)19-17(15)10-13;/h3-8,13,18H,9-10H2,1-2H3;1H. The molecule has 0 fully saturated rings. The highest BCUT2D eigenvalue weighted by molar-refractivity contribution is 6.00. The number of nitrogens with one attached hydrogen (secondary N) is 1. The molecule has 104 valence electrons. The monoisotopic (exact) mass is 286 g/mol. The van der Waals surface area contributed by atoms with Crippen molar-refractivity contribution < 1.29 is 0 Å². The van der Waals surface area contributed by atoms with E-state index in [1.165, 1.54) is 11.1 Å². The maximum absolute atomic E-state index is 8.25. The van der Waals surface area contributed by atoms with Crippen LogP contribution < -0.4 is 0 Å². The Morgan fingerprint density at radius 3 is 2.55 bits per heavy atom. The second-order valence-electron chi connectivity index (χ2n) is 5.39. The molecule has 0 spiro atoms. The molecule has 1 heterocycles. The van der Waals surface area contributed by atoms with Crippen molar-refractivity contribution in [3.05, 3.63) is 64.5 Å². The summed E-state index contributed by atoms with van der Waals surface area (Å²) in [4.78, 5) is 4.63. The molecule has 1 N–H and O–H groups in total. The maximum atomic E-state index is 8.25. The number of hydrogen-bond acceptors (Lipinski definition) is 2. The van der Waals surface area contributed by atoms with Gasteiger partial charge in [0.25, 0.3) is 0 Å². The second-order valence-corrected chi connectivity index (χ2v) is 5.39. The van der Waals surface area contributed by atoms with Crippen LogP contribution in [-0.4, -0.2) is 10.7 Å². The Balaban J connectivity index is 0.00000147. The fourth-order valence-electron chi connectivity index (χ4n) is 2.97. The summed E-state index contributed by atoms with van der Waals surface area (Å²) in [5.74, 6) is 0.399. The molecule has 2 aromatic rings. The third-order valence-corrected chi connectivity index (χ3v) is 3.96. The van der Waals surface area contributed by atoms with Crippen LogP contribution in [0.15, 0.2) is 36.4 Å². The van der Waals surface area contributed by atoms with Gasteiger partial charge in [-0.15, -0.1) is 12.4 Å². The number of pyridine rings is 1. The van der Waals surface area contributed by atoms with Crippen LogP contribution in [0, 0.1) is 19.3 Å². The predicted molar refractivity (Wildman–Crippen MR) is 85.3 cm³/mol. The fraction of sp³-hybridized carbons (Fsp3) is 0.294. The van der Waals surface area contributed by atoms with E-state index in [2.05, 4.69) is 36.2 Å². The third kappa shape index (κ3) is 2.61. The Labute approximate surface area is 126 Å². The minimum atomic E-state index is 0. The normalized spacial score (nSPS) is 17.3. The van der Waals surface area contributed by atoms with Gasteiger partial charge in [0, 0.05) is 17.0 Å². The molecular formula is C17H19ClN2. The number of nitrogens with zero attached hydrogens (tertiary/aromatic N) is 1. The van der Waals surface area contributed by atoms with Gasteiger partial charge in [-0.3, -0.25) is 4.98 Å². The summed E-state index contributed by atoms with van der Waals surface area (Å²) in [6, 6.07) is 12.6. The molecule has 0 bridgehead atoms. The van der Waals surface area contributed by atoms with Gasteiger partial charge in [-0.2, -0.15) is 0 Å². The van der Waals surface area contributed by atoms with Gasteiger partial charge in [0.2, 0.25) is 0 Å². The van der Waals surface area contributed by atoms with Crippen molar-refractivity contribution in [2.45, 2.75) is 32.6 Å². The molecule has 1 atom stereocenters. The van der Waals surface area contributed by atoms with E-state index in [1.54, 1.807) is 0 Å². The largest absolute Gasteiger partial charge is 0.305 e. The second kappa shape index (κ2) is 5.76. The summed E-state index contributed by atoms with van der Waals surface area (Å²) in [6.07, 6.45) is 1.77. The number of halogens is 1. The molecule has 3 rings (SSSR count). The molecule has 1 unspecified atom stereocenters. The van der Waals surface area contributed by atoms with E-state index in [0.717, 1.165) is 35.5 Å². The molecule has 0 aliphatic heterocycles. The minimum Gasteiger partial charge on any atom is -0.305 e. The smallest absolute Gasteiger partial charge is 0.0503 e. The average molecular weight is 287 g/mol. The molecule has 20 heavy (non-hydrogen) atoms. The van der Waals surface area contributed by atoms with Crippen LogP contribution in [0.1, 0.15) is 40.4 Å². The van der Waals surface area contributed by atoms with Crippen LogP contribution in [0.2, 0.25) is 0 Å². The highest BCUT2D eigenvalue weighted by Crippen LogP contribution is 2.33. The topological polar surface area (TPSA) is 36.7 Å². The van der Waals surface area contributed by atoms with Crippen molar-refractivity contribution in [2.24, 2.45) is 0 Å². The first-order chi connectivity index (χ1) is 9.15. The predicted octanol–water partition coefficient (Wildman–Crippen LogP) is 4.22. The Morgan fingerprint density at radius 2 is 1.80 bits per heavy atom. The molecule has 0 saturated heterocycles. The summed E-state index contributed by atoms with van der Waals surface area (Å²) in [7, 11) is 0. The van der Waals surface area contributed by atoms with Crippen molar-refractivity contribution in [1.82, 2.24) is 4.98 Å². The lowest BCUT2D eigenvalue weighted by atomic mass is 9.80. The Kier molecular flexibility index (Phi) is 4.24. The number of fused-ring (bicyclic) bond motifs is 1. The highest BCUT2D eigenvalue weighted by Gasteiger charge is 2.25. The van der Waals surface area contributed by atoms with Crippen molar-refractivity contribution in [3.8, 4) is 0 Å². The van der Waals surface area contributed by atoms with E-state index in [0.29, 0.717) is 5.92 Å². The summed E-state index contributed by atoms with van der Waals surface area (Å²) >= 11 is 0. The fourth-order valence-corrected chi connectivity index (χ4v) is 2.97. The Bertz CT molecular complexity index is 649. The summed E-state index contributed by atoms with van der Waals surface area (Å²) in [5, 5.41) is 8.25. The van der Waals surface area contributed by atoms with E-state index in [-0.39, 0.29) is 12.4 Å². The molecule has 3 heteroatoms. The van der Waals surface area contributed by atoms with Crippen molar-refractivity contribution in [2.75, 3.05) is 0 Å². The van der Waals surface area contributed by atoms with Crippen LogP contribution >= 0.6 is 12.4 Å². The molecule has 1 aliphatic rings. The zero-order valence-corrected chi connectivity index (χ0v) is 12.6. The third-order valence-electron chi connectivity index (χ3n) is 3.96. The van der Waals surface area contributed by atoms with E-state index in [9.17, 15) is 0 Å². The molecule has 0 saturated carbocycles. The number of hydrogen-bond donors (Lipinski definition) is 1. The molecule has 2 nitrogen and oxygen atoms in total. The van der Waals surface area contributed by atoms with Gasteiger partial charge in [0.1, 0.15) is 0 Å². The van der Waals surface area contributed by atoms with E-state index < -0.39 is 0 Å². The van der Waals surface area contributed by atoms with Crippen LogP contribution in [0.4, 0.5) is 0 Å². The molecular weight excluding hydrogens is 268 g/mol. The van der Waals surface area contributed by atoms with Gasteiger partial charge in [-0.05, 0) is 55.9 Å². The molecule has 1 aromatic heterocycles. The van der Waals surface area contributed by atoms with Gasteiger partial charge >= 0.3 is 0 Å². The molecule has 0 amide bonds. The zero-order chi connectivity index (χ0) is 13.4. The van der Waals surface area contributed by atoms with E-state index in [4.69, 9.17) is 5.41 Å². The number of rotatable bonds is 1. The number of aromatic nitrogens is 1. The van der Waals surface area contributed by atoms with E-state index in [1.807, 2.05) is 19.1 Å². The van der Waals surface area contributed by atoms with E-state index >= 15 is 0 Å². The summed E-state index contributed by atoms with van der Waals surface area (Å²) < 4.78 is 0. The number of aryl methyl sites for hydroxylation is 2. The van der Waals surface area contributed by atoms with Crippen molar-refractivity contribution in [3.63, 3.8) is 0 Å². The van der Waals surface area contributed by atoms with Gasteiger partial charge in [-0.25, -0.2) is 0 Å². The van der Waals surface area contributed by atoms with Gasteiger partial charge in [0.05, 0.1) is 5.69 Å². The first kappa shape index (κ1) is 14.7. The van der Waals surface area contributed by atoms with Crippen LogP contribution in [0.3, 0.4) is 0 Å². The van der Waals surface area contributed by atoms with Crippen LogP contribution in [0.25, 0.3) is 0 Å². The number of benzene rings is 1. The van der Waals surface area contributed by atoms with Crippen LogP contribution in [-0.2, 0) is 6.42 Å². The SMILES string of the molecule is Cc1ccc2c(n1)CC(c1ccccc1C)CC2=N.Cl. The Morgan fingerprint density at radius 1 is 1.05 bits per heavy atom. The zero-order valence-electron chi connectivity index (χ0n) is 11.8. The van der Waals surface area contributed by atoms with Gasteiger partial charge in [-0.1, -0.05) is 24.3 Å². The average Bonchev–Trinajstić information content (AvgIpc) is 2.38. The first-order valence-corrected chi connectivity index (χ1v) is 6.75. The molecule has 1 aromatic carbocycles. The lowest BCUT2D eigenvalue weighted by molar-refractivity contribution is 0.672. The minimum absolute atomic E-state index is 0. The van der Waals surface area contributed by atoms with Gasteiger partial charge in [0.15, 0.2) is 0 Å². The van der Waals surface area contributed by atoms with Gasteiger partial charge < -0.3 is 5.41 Å². The molecule has 1 aliphatic carbocycles. The quantitative estimate of drug-likeness (QED) is 0.837. The molecule has 0 radical (unpaired) electrons. The summed E-state index contributed by atoms with van der Waals surface area (Å²) in [6.45, 7) is 4.17. The Hall–Kier alpha value is -1.67. The highest BCUT2D eigenvalue weighted by atomic mass is 35.5. The lowest BCUT2D eigenvalue weighted by Crippen LogP contribution is -2.20. The summed E-state index contributed by atoms with van der Waals surface area (Å²) in [5.41, 5.74) is 6.57. The van der Waals surface area contributed by atoms with Crippen LogP contribution in [0.5, 0.6) is 0 Å². The van der Waals surface area contributed by atoms with Crippen molar-refractivity contribution in [1.29, 1.82) is 5.41 Å². The lowest BCUT2D eigenvalue weighted by Gasteiger charge is -2.26. The maximum Gasteiger partial charge on any atom is 0.0503 e.